The second-order valence-corrected chi connectivity index (χ2v) is 10.5. The first-order valence-electron chi connectivity index (χ1n) is 10.7. The molecule has 33 heavy (non-hydrogen) atoms. The molecule has 0 aliphatic carbocycles. The van der Waals surface area contributed by atoms with Gasteiger partial charge in [0.15, 0.2) is 0 Å². The zero-order chi connectivity index (χ0) is 24.8. The van der Waals surface area contributed by atoms with Crippen molar-refractivity contribution in [3.05, 3.63) is 64.2 Å². The van der Waals surface area contributed by atoms with Gasteiger partial charge in [0.05, 0.1) is 11.9 Å². The van der Waals surface area contributed by atoms with Gasteiger partial charge in [-0.3, -0.25) is 13.9 Å². The number of carbonyl (C=O) groups is 2. The van der Waals surface area contributed by atoms with Crippen molar-refractivity contribution in [1.29, 1.82) is 0 Å². The Balaban J connectivity index is 2.15. The van der Waals surface area contributed by atoms with Crippen LogP contribution in [0, 0.1) is 13.8 Å². The minimum absolute atomic E-state index is 0.103. The maximum absolute atomic E-state index is 13.1. The normalized spacial score (nSPS) is 12.2. The molecule has 2 aromatic rings. The molecule has 0 aromatic heterocycles. The van der Waals surface area contributed by atoms with Gasteiger partial charge in [-0.15, -0.1) is 0 Å². The van der Waals surface area contributed by atoms with Crippen LogP contribution >= 0.6 is 11.6 Å². The van der Waals surface area contributed by atoms with Gasteiger partial charge in [-0.2, -0.15) is 0 Å². The Bertz CT molecular complexity index is 1090. The van der Waals surface area contributed by atoms with E-state index in [1.165, 1.54) is 16.3 Å². The van der Waals surface area contributed by atoms with Crippen molar-refractivity contribution >= 4 is 39.1 Å². The minimum atomic E-state index is -3.52. The SMILES string of the molecule is CNC(=O)[C@H](C)N(Cc1ccc(Cl)cc1)C(=O)CCCN(c1ccc(C)c(C)c1)S(C)(=O)=O. The Morgan fingerprint density at radius 3 is 2.24 bits per heavy atom. The summed E-state index contributed by atoms with van der Waals surface area (Å²) in [5.41, 5.74) is 3.48. The summed E-state index contributed by atoms with van der Waals surface area (Å²) in [6.07, 6.45) is 1.58. The number of anilines is 1. The van der Waals surface area contributed by atoms with Crippen LogP contribution in [0.4, 0.5) is 5.69 Å². The molecule has 2 aromatic carbocycles. The lowest BCUT2D eigenvalue weighted by atomic mass is 10.1. The highest BCUT2D eigenvalue weighted by molar-refractivity contribution is 7.92. The third kappa shape index (κ3) is 7.47. The summed E-state index contributed by atoms with van der Waals surface area (Å²) in [6.45, 7) is 5.97. The topological polar surface area (TPSA) is 86.8 Å². The molecule has 0 saturated heterocycles. The van der Waals surface area contributed by atoms with Crippen molar-refractivity contribution in [3.8, 4) is 0 Å². The fraction of sp³-hybridized carbons (Fsp3) is 0.417. The quantitative estimate of drug-likeness (QED) is 0.547. The van der Waals surface area contributed by atoms with E-state index in [-0.39, 0.29) is 31.3 Å². The average Bonchev–Trinajstić information content (AvgIpc) is 2.76. The molecule has 0 unspecified atom stereocenters. The van der Waals surface area contributed by atoms with E-state index in [9.17, 15) is 18.0 Å². The van der Waals surface area contributed by atoms with E-state index in [1.807, 2.05) is 38.1 Å². The van der Waals surface area contributed by atoms with Crippen LogP contribution in [-0.4, -0.2) is 51.0 Å². The number of benzene rings is 2. The predicted octanol–water partition coefficient (Wildman–Crippen LogP) is 3.67. The van der Waals surface area contributed by atoms with Crippen LogP contribution in [0.5, 0.6) is 0 Å². The van der Waals surface area contributed by atoms with Crippen LogP contribution < -0.4 is 9.62 Å². The Morgan fingerprint density at radius 1 is 1.06 bits per heavy atom. The Labute approximate surface area is 201 Å². The molecule has 0 aliphatic rings. The Morgan fingerprint density at radius 2 is 1.70 bits per heavy atom. The van der Waals surface area contributed by atoms with Crippen LogP contribution in [0.2, 0.25) is 5.02 Å². The van der Waals surface area contributed by atoms with Gasteiger partial charge in [-0.05, 0) is 68.1 Å². The number of amides is 2. The van der Waals surface area contributed by atoms with Gasteiger partial charge in [0, 0.05) is 31.6 Å². The van der Waals surface area contributed by atoms with Crippen LogP contribution in [0.25, 0.3) is 0 Å². The van der Waals surface area contributed by atoms with Crippen molar-refractivity contribution in [2.24, 2.45) is 0 Å². The number of sulfonamides is 1. The second kappa shape index (κ2) is 11.5. The lowest BCUT2D eigenvalue weighted by Crippen LogP contribution is -2.46. The molecule has 0 bridgehead atoms. The zero-order valence-corrected chi connectivity index (χ0v) is 21.3. The number of carbonyl (C=O) groups excluding carboxylic acids is 2. The molecule has 0 fully saturated rings. The van der Waals surface area contributed by atoms with Gasteiger partial charge in [0.25, 0.3) is 0 Å². The highest BCUT2D eigenvalue weighted by atomic mass is 35.5. The molecule has 0 heterocycles. The number of nitrogens with zero attached hydrogens (tertiary/aromatic N) is 2. The third-order valence-corrected chi connectivity index (χ3v) is 7.06. The molecule has 2 amide bonds. The van der Waals surface area contributed by atoms with E-state index in [0.29, 0.717) is 17.1 Å². The second-order valence-electron chi connectivity index (χ2n) is 8.15. The number of rotatable bonds is 10. The molecule has 2 rings (SSSR count). The lowest BCUT2D eigenvalue weighted by Gasteiger charge is -2.29. The lowest BCUT2D eigenvalue weighted by molar-refractivity contribution is -0.140. The molecule has 1 N–H and O–H groups in total. The number of likely N-dealkylation sites (N-methyl/N-ethyl adjacent to an activating group) is 1. The standard InChI is InChI=1S/C24H32ClN3O4S/c1-17-8-13-22(15-18(17)2)28(33(5,31)32)14-6-7-23(29)27(19(3)24(30)26-4)16-20-9-11-21(25)12-10-20/h8-13,15,19H,6-7,14,16H2,1-5H3,(H,26,30)/t19-/m0/s1. The molecule has 0 radical (unpaired) electrons. The van der Waals surface area contributed by atoms with Gasteiger partial charge < -0.3 is 10.2 Å². The summed E-state index contributed by atoms with van der Waals surface area (Å²) < 4.78 is 26.1. The van der Waals surface area contributed by atoms with Crippen LogP contribution in [0.15, 0.2) is 42.5 Å². The van der Waals surface area contributed by atoms with E-state index in [1.54, 1.807) is 25.1 Å². The summed E-state index contributed by atoms with van der Waals surface area (Å²) >= 11 is 5.95. The Hall–Kier alpha value is -2.58. The smallest absolute Gasteiger partial charge is 0.242 e. The van der Waals surface area contributed by atoms with E-state index in [2.05, 4.69) is 5.32 Å². The first-order valence-corrected chi connectivity index (χ1v) is 13.0. The highest BCUT2D eigenvalue weighted by Crippen LogP contribution is 2.22. The molecule has 0 spiro atoms. The van der Waals surface area contributed by atoms with Gasteiger partial charge in [0.1, 0.15) is 6.04 Å². The van der Waals surface area contributed by atoms with Crippen LogP contribution in [-0.2, 0) is 26.2 Å². The largest absolute Gasteiger partial charge is 0.357 e. The van der Waals surface area contributed by atoms with Crippen LogP contribution in [0.3, 0.4) is 0 Å². The summed E-state index contributed by atoms with van der Waals surface area (Å²) in [6, 6.07) is 11.9. The number of nitrogens with one attached hydrogen (secondary N) is 1. The summed E-state index contributed by atoms with van der Waals surface area (Å²) in [4.78, 5) is 26.8. The molecule has 1 atom stereocenters. The molecule has 0 aliphatic heterocycles. The van der Waals surface area contributed by atoms with Crippen molar-refractivity contribution in [3.63, 3.8) is 0 Å². The van der Waals surface area contributed by atoms with Crippen molar-refractivity contribution in [1.82, 2.24) is 10.2 Å². The predicted molar refractivity (Wildman–Crippen MR) is 133 cm³/mol. The van der Waals surface area contributed by atoms with Gasteiger partial charge >= 0.3 is 0 Å². The van der Waals surface area contributed by atoms with Crippen molar-refractivity contribution in [2.45, 2.75) is 46.2 Å². The van der Waals surface area contributed by atoms with E-state index >= 15 is 0 Å². The first-order chi connectivity index (χ1) is 15.4. The summed E-state index contributed by atoms with van der Waals surface area (Å²) in [5, 5.41) is 3.17. The van der Waals surface area contributed by atoms with Crippen LogP contribution in [0.1, 0.15) is 36.5 Å². The van der Waals surface area contributed by atoms with Gasteiger partial charge in [0.2, 0.25) is 21.8 Å². The zero-order valence-electron chi connectivity index (χ0n) is 19.8. The monoisotopic (exact) mass is 493 g/mol. The fourth-order valence-electron chi connectivity index (χ4n) is 3.46. The van der Waals surface area contributed by atoms with Crippen molar-refractivity contribution in [2.75, 3.05) is 24.2 Å². The summed E-state index contributed by atoms with van der Waals surface area (Å²) in [5.74, 6) is -0.500. The molecule has 7 nitrogen and oxygen atoms in total. The summed E-state index contributed by atoms with van der Waals surface area (Å²) in [7, 11) is -2.00. The molecule has 9 heteroatoms. The number of hydrogen-bond acceptors (Lipinski definition) is 4. The van der Waals surface area contributed by atoms with Gasteiger partial charge in [-0.1, -0.05) is 29.8 Å². The number of hydrogen-bond donors (Lipinski definition) is 1. The average molecular weight is 494 g/mol. The third-order valence-electron chi connectivity index (χ3n) is 5.61. The Kier molecular flexibility index (Phi) is 9.31. The van der Waals surface area contributed by atoms with E-state index < -0.39 is 16.1 Å². The molecular formula is C24H32ClN3O4S. The van der Waals surface area contributed by atoms with E-state index in [0.717, 1.165) is 22.9 Å². The highest BCUT2D eigenvalue weighted by Gasteiger charge is 2.26. The van der Waals surface area contributed by atoms with E-state index in [4.69, 9.17) is 11.6 Å². The number of halogens is 1. The fourth-order valence-corrected chi connectivity index (χ4v) is 4.55. The molecule has 180 valence electrons. The first kappa shape index (κ1) is 26.7. The number of aryl methyl sites for hydroxylation is 2. The minimum Gasteiger partial charge on any atom is -0.357 e. The van der Waals surface area contributed by atoms with Crippen molar-refractivity contribution < 1.29 is 18.0 Å². The van der Waals surface area contributed by atoms with Gasteiger partial charge in [-0.25, -0.2) is 8.42 Å². The maximum atomic E-state index is 13.1. The molecule has 0 saturated carbocycles. The molecular weight excluding hydrogens is 462 g/mol. The maximum Gasteiger partial charge on any atom is 0.242 e.